The van der Waals surface area contributed by atoms with Crippen molar-refractivity contribution < 1.29 is 66.2 Å². The van der Waals surface area contributed by atoms with Crippen LogP contribution in [-0.4, -0.2) is 18.3 Å². The third-order valence-corrected chi connectivity index (χ3v) is 0.512. The summed E-state index contributed by atoms with van der Waals surface area (Å²) < 4.78 is 4.44. The Balaban J connectivity index is -0.0000000800. The number of hydrogen-bond donors (Lipinski definition) is 1. The van der Waals surface area contributed by atoms with Crippen molar-refractivity contribution in [2.75, 3.05) is 13.2 Å². The van der Waals surface area contributed by atoms with E-state index in [1.165, 1.54) is 0 Å². The summed E-state index contributed by atoms with van der Waals surface area (Å²) in [6, 6.07) is 0. The summed E-state index contributed by atoms with van der Waals surface area (Å²) >= 11 is 1.55. The Morgan fingerprint density at radius 2 is 2.00 bits per heavy atom. The summed E-state index contributed by atoms with van der Waals surface area (Å²) in [6.07, 6.45) is 0. The van der Waals surface area contributed by atoms with Crippen LogP contribution in [0.4, 0.5) is 0 Å². The minimum Gasteiger partial charge on any atom is 0 e. The summed E-state index contributed by atoms with van der Waals surface area (Å²) in [5, 5.41) is 7.94. The van der Waals surface area contributed by atoms with Gasteiger partial charge in [0.25, 0.3) is 0 Å². The third kappa shape index (κ3) is 18.2. The maximum atomic E-state index is 7.94. The van der Waals surface area contributed by atoms with Crippen molar-refractivity contribution >= 4 is 0 Å². The van der Waals surface area contributed by atoms with Crippen molar-refractivity contribution in [1.29, 1.82) is 0 Å². The first-order valence-corrected chi connectivity index (χ1v) is 1.95. The van der Waals surface area contributed by atoms with Crippen LogP contribution in [0, 0.1) is 0 Å². The van der Waals surface area contributed by atoms with Gasteiger partial charge in [-0.25, -0.2) is 0 Å². The van der Waals surface area contributed by atoms with Gasteiger partial charge in [-0.15, -0.1) is 0 Å². The van der Waals surface area contributed by atoms with E-state index in [0.717, 1.165) is 0 Å². The fourth-order valence-corrected chi connectivity index (χ4v) is 0.188. The molecule has 0 aromatic carbocycles. The van der Waals surface area contributed by atoms with Gasteiger partial charge in [0, 0.05) is 36.9 Å². The van der Waals surface area contributed by atoms with Crippen LogP contribution in [0.25, 0.3) is 0 Å². The number of aliphatic hydroxyl groups is 1. The Labute approximate surface area is 78.8 Å². The van der Waals surface area contributed by atoms with Gasteiger partial charge in [0.15, 0.2) is 0 Å². The molecule has 0 atom stereocenters. The van der Waals surface area contributed by atoms with Crippen LogP contribution in [0.3, 0.4) is 0 Å². The second kappa shape index (κ2) is 15.7. The molecule has 0 radical (unpaired) electrons. The molecule has 5 heteroatoms. The predicted octanol–water partition coefficient (Wildman–Crippen LogP) is -0.548. The molecule has 0 saturated heterocycles. The van der Waals surface area contributed by atoms with Crippen molar-refractivity contribution in [3.8, 4) is 0 Å². The van der Waals surface area contributed by atoms with Crippen LogP contribution in [0.2, 0.25) is 0 Å². The van der Waals surface area contributed by atoms with Crippen LogP contribution in [-0.2, 0) is 61.1 Å². The number of hydrogen-bond acceptors (Lipinski definition) is 2. The van der Waals surface area contributed by atoms with Gasteiger partial charge in [-0.2, -0.15) is 0 Å². The van der Waals surface area contributed by atoms with Crippen LogP contribution in [0.15, 0.2) is 0 Å². The molecule has 0 amide bonds. The molecular formula is C2H5NiO2PdTi. The van der Waals surface area contributed by atoms with Crippen molar-refractivity contribution in [2.24, 2.45) is 0 Å². The fourth-order valence-electron chi connectivity index (χ4n) is 0.0456. The van der Waals surface area contributed by atoms with Crippen molar-refractivity contribution in [3.63, 3.8) is 0 Å². The second-order valence-electron chi connectivity index (χ2n) is 0.572. The van der Waals surface area contributed by atoms with Gasteiger partial charge in [0.1, 0.15) is 0 Å². The first-order valence-electron chi connectivity index (χ1n) is 1.31. The number of rotatable bonds is 2. The molecule has 2 nitrogen and oxygen atoms in total. The molecule has 0 heterocycles. The van der Waals surface area contributed by atoms with E-state index < -0.39 is 0 Å². The molecule has 0 rings (SSSR count). The Morgan fingerprint density at radius 1 is 1.57 bits per heavy atom. The van der Waals surface area contributed by atoms with Gasteiger partial charge in [0.2, 0.25) is 0 Å². The molecule has 49 valence electrons. The van der Waals surface area contributed by atoms with E-state index in [4.69, 9.17) is 5.11 Å². The van der Waals surface area contributed by atoms with E-state index in [1.54, 1.807) is 20.8 Å². The molecule has 0 aliphatic heterocycles. The van der Waals surface area contributed by atoms with E-state index in [1.807, 2.05) is 0 Å². The largest absolute Gasteiger partial charge is 0 e. The van der Waals surface area contributed by atoms with E-state index >= 15 is 0 Å². The molecule has 0 aromatic heterocycles. The van der Waals surface area contributed by atoms with Crippen LogP contribution >= 0.6 is 0 Å². The smallest absolute Gasteiger partial charge is 0 e. The summed E-state index contributed by atoms with van der Waals surface area (Å²) in [5.74, 6) is 0. The van der Waals surface area contributed by atoms with Gasteiger partial charge in [-0.3, -0.25) is 0 Å². The molecule has 0 aromatic rings. The van der Waals surface area contributed by atoms with Gasteiger partial charge in [0.05, 0.1) is 0 Å². The molecule has 0 aliphatic carbocycles. The first kappa shape index (κ1) is 15.9. The molecule has 0 spiro atoms. The average Bonchev–Trinajstić information content (AvgIpc) is 1.41. The molecule has 0 saturated carbocycles. The molecule has 0 aliphatic rings. The minimum atomic E-state index is 0. The third-order valence-electron chi connectivity index (χ3n) is 0.193. The first-order chi connectivity index (χ1) is 2.41. The summed E-state index contributed by atoms with van der Waals surface area (Å²) in [7, 11) is 0. The molecular weight excluding hydrogens is 269 g/mol. The fraction of sp³-hybridized carbons (Fsp3) is 1.00. The van der Waals surface area contributed by atoms with Crippen LogP contribution in [0.1, 0.15) is 0 Å². The molecule has 0 unspecified atom stereocenters. The van der Waals surface area contributed by atoms with Crippen LogP contribution in [0.5, 0.6) is 0 Å². The minimum absolute atomic E-state index is 0. The molecule has 0 bridgehead atoms. The van der Waals surface area contributed by atoms with Crippen molar-refractivity contribution in [3.05, 3.63) is 0 Å². The Morgan fingerprint density at radius 3 is 2.00 bits per heavy atom. The molecule has 7 heavy (non-hydrogen) atoms. The standard InChI is InChI=1S/C2H5O2.Ni.Pd.Ti/c3-1-2-4;;;/h3H,1-2H2;;;/q-1;;;+1. The van der Waals surface area contributed by atoms with Crippen molar-refractivity contribution in [1.82, 2.24) is 0 Å². The van der Waals surface area contributed by atoms with Gasteiger partial charge < -0.3 is 0 Å². The number of aliphatic hydroxyl groups excluding tert-OH is 1. The predicted molar refractivity (Wildman–Crippen MR) is 13.0 cm³/mol. The maximum Gasteiger partial charge on any atom is 0 e. The Kier molecular flexibility index (Phi) is 35.6. The van der Waals surface area contributed by atoms with Gasteiger partial charge in [-0.05, 0) is 0 Å². The summed E-state index contributed by atoms with van der Waals surface area (Å²) in [4.78, 5) is 0. The quantitative estimate of drug-likeness (QED) is 0.685. The Bertz CT molecular complexity index is 23.2. The molecule has 1 N–H and O–H groups in total. The van der Waals surface area contributed by atoms with Crippen LogP contribution < -0.4 is 0 Å². The van der Waals surface area contributed by atoms with E-state index in [2.05, 4.69) is 3.32 Å². The monoisotopic (exact) mass is 273 g/mol. The zero-order chi connectivity index (χ0) is 4.12. The van der Waals surface area contributed by atoms with Gasteiger partial charge in [-0.1, -0.05) is 0 Å². The van der Waals surface area contributed by atoms with Crippen molar-refractivity contribution in [2.45, 2.75) is 0 Å². The zero-order valence-corrected chi connectivity index (χ0v) is 7.51. The summed E-state index contributed by atoms with van der Waals surface area (Å²) in [5.41, 5.74) is 0. The SMILES string of the molecule is OCC[O][Ti].[Ni].[Pd]. The topological polar surface area (TPSA) is 29.5 Å². The Hall–Kier alpha value is 1.79. The van der Waals surface area contributed by atoms with E-state index in [0.29, 0.717) is 6.61 Å². The van der Waals surface area contributed by atoms with Gasteiger partial charge >= 0.3 is 42.5 Å². The zero-order valence-electron chi connectivity index (χ0n) is 3.40. The second-order valence-corrected chi connectivity index (χ2v) is 1.02. The average molecular weight is 274 g/mol. The summed E-state index contributed by atoms with van der Waals surface area (Å²) in [6.45, 7) is 0.566. The van der Waals surface area contributed by atoms with E-state index in [9.17, 15) is 0 Å². The normalized spacial score (nSPS) is 5.71. The van der Waals surface area contributed by atoms with E-state index in [-0.39, 0.29) is 43.5 Å². The maximum absolute atomic E-state index is 7.94. The molecule has 0 fully saturated rings.